The van der Waals surface area contributed by atoms with Gasteiger partial charge in [-0.3, -0.25) is 10.2 Å². The summed E-state index contributed by atoms with van der Waals surface area (Å²) in [7, 11) is 1.98. The van der Waals surface area contributed by atoms with Gasteiger partial charge >= 0.3 is 0 Å². The molecule has 0 heterocycles. The van der Waals surface area contributed by atoms with Crippen molar-refractivity contribution in [3.63, 3.8) is 0 Å². The molecule has 0 aliphatic rings. The van der Waals surface area contributed by atoms with Crippen molar-refractivity contribution in [3.8, 4) is 0 Å². The standard InChI is InChI=1S/C11H16BrN3O/c1-15(6-5-11(16)14-13)8-9-3-2-4-10(12)7-9/h2-4,7H,5-6,8,13H2,1H3,(H,14,16). The fraction of sp³-hybridized carbons (Fsp3) is 0.364. The molecule has 1 aromatic rings. The maximum Gasteiger partial charge on any atom is 0.235 e. The van der Waals surface area contributed by atoms with Crippen LogP contribution < -0.4 is 11.3 Å². The minimum atomic E-state index is -0.138. The van der Waals surface area contributed by atoms with Crippen molar-refractivity contribution in [2.24, 2.45) is 5.84 Å². The largest absolute Gasteiger partial charge is 0.302 e. The van der Waals surface area contributed by atoms with E-state index in [0.717, 1.165) is 11.0 Å². The first kappa shape index (κ1) is 13.2. The molecule has 1 rings (SSSR count). The van der Waals surface area contributed by atoms with Gasteiger partial charge in [-0.05, 0) is 24.7 Å². The molecule has 0 saturated carbocycles. The van der Waals surface area contributed by atoms with Crippen LogP contribution in [-0.2, 0) is 11.3 Å². The Morgan fingerprint density at radius 3 is 2.94 bits per heavy atom. The summed E-state index contributed by atoms with van der Waals surface area (Å²) in [6.07, 6.45) is 0.418. The number of halogens is 1. The van der Waals surface area contributed by atoms with Gasteiger partial charge in [0.1, 0.15) is 0 Å². The number of carbonyl (C=O) groups excluding carboxylic acids is 1. The van der Waals surface area contributed by atoms with E-state index in [2.05, 4.69) is 38.4 Å². The molecule has 16 heavy (non-hydrogen) atoms. The highest BCUT2D eigenvalue weighted by atomic mass is 79.9. The lowest BCUT2D eigenvalue weighted by molar-refractivity contribution is -0.121. The first-order chi connectivity index (χ1) is 7.61. The summed E-state index contributed by atoms with van der Waals surface area (Å²) in [5.41, 5.74) is 3.33. The molecule has 0 radical (unpaired) electrons. The molecular formula is C11H16BrN3O. The van der Waals surface area contributed by atoms with E-state index in [1.165, 1.54) is 5.56 Å². The summed E-state index contributed by atoms with van der Waals surface area (Å²) >= 11 is 3.43. The second-order valence-corrected chi connectivity index (χ2v) is 4.60. The SMILES string of the molecule is CN(CCC(=O)NN)Cc1cccc(Br)c1. The van der Waals surface area contributed by atoms with Crippen molar-refractivity contribution < 1.29 is 4.79 Å². The van der Waals surface area contributed by atoms with Crippen LogP contribution in [0.4, 0.5) is 0 Å². The van der Waals surface area contributed by atoms with Gasteiger partial charge < -0.3 is 4.90 Å². The van der Waals surface area contributed by atoms with Gasteiger partial charge in [-0.25, -0.2) is 5.84 Å². The predicted octanol–water partition coefficient (Wildman–Crippen LogP) is 1.26. The quantitative estimate of drug-likeness (QED) is 0.487. The van der Waals surface area contributed by atoms with Crippen molar-refractivity contribution >= 4 is 21.8 Å². The number of nitrogens with zero attached hydrogens (tertiary/aromatic N) is 1. The molecule has 4 nitrogen and oxygen atoms in total. The highest BCUT2D eigenvalue weighted by Crippen LogP contribution is 2.12. The summed E-state index contributed by atoms with van der Waals surface area (Å²) in [5.74, 6) is 4.87. The summed E-state index contributed by atoms with van der Waals surface area (Å²) in [5, 5.41) is 0. The van der Waals surface area contributed by atoms with Crippen LogP contribution in [0.15, 0.2) is 28.7 Å². The number of rotatable bonds is 5. The highest BCUT2D eigenvalue weighted by Gasteiger charge is 2.04. The van der Waals surface area contributed by atoms with E-state index in [0.29, 0.717) is 13.0 Å². The third-order valence-electron chi connectivity index (χ3n) is 2.22. The van der Waals surface area contributed by atoms with E-state index in [9.17, 15) is 4.79 Å². The first-order valence-electron chi connectivity index (χ1n) is 5.04. The fourth-order valence-electron chi connectivity index (χ4n) is 1.39. The van der Waals surface area contributed by atoms with Gasteiger partial charge in [-0.15, -0.1) is 0 Å². The maximum absolute atomic E-state index is 11.0. The van der Waals surface area contributed by atoms with Gasteiger partial charge in [0.2, 0.25) is 5.91 Å². The average Bonchev–Trinajstić information content (AvgIpc) is 2.26. The molecule has 0 bridgehead atoms. The topological polar surface area (TPSA) is 58.4 Å². The van der Waals surface area contributed by atoms with E-state index >= 15 is 0 Å². The molecular weight excluding hydrogens is 270 g/mol. The third kappa shape index (κ3) is 4.74. The molecule has 88 valence electrons. The minimum Gasteiger partial charge on any atom is -0.302 e. The Kier molecular flexibility index (Phi) is 5.45. The Labute approximate surface area is 104 Å². The smallest absolute Gasteiger partial charge is 0.235 e. The van der Waals surface area contributed by atoms with Crippen molar-refractivity contribution in [1.29, 1.82) is 0 Å². The van der Waals surface area contributed by atoms with Crippen LogP contribution in [0.1, 0.15) is 12.0 Å². The third-order valence-corrected chi connectivity index (χ3v) is 2.72. The number of hydrogen-bond acceptors (Lipinski definition) is 3. The Bertz CT molecular complexity index is 357. The van der Waals surface area contributed by atoms with Crippen molar-refractivity contribution in [2.45, 2.75) is 13.0 Å². The molecule has 5 heteroatoms. The molecule has 0 aliphatic heterocycles. The van der Waals surface area contributed by atoms with Gasteiger partial charge in [-0.2, -0.15) is 0 Å². The number of amides is 1. The van der Waals surface area contributed by atoms with Crippen LogP contribution in [0.25, 0.3) is 0 Å². The first-order valence-corrected chi connectivity index (χ1v) is 5.83. The van der Waals surface area contributed by atoms with E-state index in [4.69, 9.17) is 5.84 Å². The van der Waals surface area contributed by atoms with Crippen LogP contribution in [0.3, 0.4) is 0 Å². The normalized spacial score (nSPS) is 10.5. The van der Waals surface area contributed by atoms with Crippen LogP contribution in [-0.4, -0.2) is 24.4 Å². The average molecular weight is 286 g/mol. The maximum atomic E-state index is 11.0. The molecule has 0 aliphatic carbocycles. The number of benzene rings is 1. The molecule has 0 aromatic heterocycles. The Hall–Kier alpha value is -0.910. The van der Waals surface area contributed by atoms with Gasteiger partial charge in [0.15, 0.2) is 0 Å². The van der Waals surface area contributed by atoms with Gasteiger partial charge in [0.25, 0.3) is 0 Å². The number of carbonyl (C=O) groups is 1. The number of hydrazine groups is 1. The predicted molar refractivity (Wildman–Crippen MR) is 67.4 cm³/mol. The number of nitrogens with two attached hydrogens (primary N) is 1. The number of nitrogens with one attached hydrogen (secondary N) is 1. The zero-order chi connectivity index (χ0) is 12.0. The van der Waals surface area contributed by atoms with Crippen LogP contribution in [0.5, 0.6) is 0 Å². The Morgan fingerprint density at radius 1 is 1.56 bits per heavy atom. The summed E-state index contributed by atoms with van der Waals surface area (Å²) in [4.78, 5) is 13.0. The number of hydrogen-bond donors (Lipinski definition) is 2. The van der Waals surface area contributed by atoms with Crippen LogP contribution in [0.2, 0.25) is 0 Å². The molecule has 0 fully saturated rings. The monoisotopic (exact) mass is 285 g/mol. The van der Waals surface area contributed by atoms with Gasteiger partial charge in [-0.1, -0.05) is 28.1 Å². The van der Waals surface area contributed by atoms with Crippen molar-refractivity contribution in [3.05, 3.63) is 34.3 Å². The van der Waals surface area contributed by atoms with Crippen molar-refractivity contribution in [1.82, 2.24) is 10.3 Å². The summed E-state index contributed by atoms with van der Waals surface area (Å²) < 4.78 is 1.07. The summed E-state index contributed by atoms with van der Waals surface area (Å²) in [6, 6.07) is 8.12. The van der Waals surface area contributed by atoms with E-state index < -0.39 is 0 Å². The molecule has 1 amide bonds. The lowest BCUT2D eigenvalue weighted by Gasteiger charge is -2.16. The zero-order valence-corrected chi connectivity index (χ0v) is 10.8. The summed E-state index contributed by atoms with van der Waals surface area (Å²) in [6.45, 7) is 1.51. The zero-order valence-electron chi connectivity index (χ0n) is 9.24. The van der Waals surface area contributed by atoms with E-state index in [-0.39, 0.29) is 5.91 Å². The van der Waals surface area contributed by atoms with Crippen molar-refractivity contribution in [2.75, 3.05) is 13.6 Å². The highest BCUT2D eigenvalue weighted by molar-refractivity contribution is 9.10. The van der Waals surface area contributed by atoms with Gasteiger partial charge in [0, 0.05) is 24.0 Å². The Balaban J connectivity index is 2.39. The van der Waals surface area contributed by atoms with E-state index in [1.807, 2.05) is 19.2 Å². The lowest BCUT2D eigenvalue weighted by atomic mass is 10.2. The van der Waals surface area contributed by atoms with Crippen LogP contribution >= 0.6 is 15.9 Å². The molecule has 0 spiro atoms. The molecule has 1 aromatic carbocycles. The molecule has 0 atom stereocenters. The lowest BCUT2D eigenvalue weighted by Crippen LogP contribution is -2.33. The fourth-order valence-corrected chi connectivity index (χ4v) is 1.84. The minimum absolute atomic E-state index is 0.138. The molecule has 0 saturated heterocycles. The van der Waals surface area contributed by atoms with Gasteiger partial charge in [0.05, 0.1) is 0 Å². The molecule has 0 unspecified atom stereocenters. The second kappa shape index (κ2) is 6.62. The van der Waals surface area contributed by atoms with E-state index in [1.54, 1.807) is 0 Å². The second-order valence-electron chi connectivity index (χ2n) is 3.69. The molecule has 3 N–H and O–H groups in total. The van der Waals surface area contributed by atoms with Crippen LogP contribution in [0, 0.1) is 0 Å². The Morgan fingerprint density at radius 2 is 2.31 bits per heavy atom.